The number of nitrogens with zero attached hydrogens (tertiary/aromatic N) is 2. The molecule has 9 heteroatoms. The van der Waals surface area contributed by atoms with E-state index in [1.807, 2.05) is 31.2 Å². The molecule has 0 saturated heterocycles. The summed E-state index contributed by atoms with van der Waals surface area (Å²) in [5, 5.41) is 4.38. The summed E-state index contributed by atoms with van der Waals surface area (Å²) in [6.45, 7) is 3.77. The number of alkyl halides is 3. The van der Waals surface area contributed by atoms with Crippen molar-refractivity contribution in [3.63, 3.8) is 0 Å². The van der Waals surface area contributed by atoms with Gasteiger partial charge in [-0.2, -0.15) is 13.2 Å². The molecule has 0 fully saturated rings. The molecule has 0 spiro atoms. The predicted octanol–water partition coefficient (Wildman–Crippen LogP) is 6.93. The standard InChI is InChI=1S/C23H17BrF3N3OS/c1-12-3-5-14(6-4-12)9-20-28-13(2)22(32-20)30-21(31)17-11-19(23(25,26)27)29-18-8-7-15(24)10-16(17)18/h3-8,10-11H,9H2,1-2H3,(H,30,31). The highest BCUT2D eigenvalue weighted by atomic mass is 79.9. The summed E-state index contributed by atoms with van der Waals surface area (Å²) in [6.07, 6.45) is -4.07. The SMILES string of the molecule is Cc1ccc(Cc2nc(C)c(NC(=O)c3cc(C(F)(F)F)nc4ccc(Br)cc34)s2)cc1. The van der Waals surface area contributed by atoms with Crippen LogP contribution in [0.5, 0.6) is 0 Å². The first-order valence-corrected chi connectivity index (χ1v) is 11.2. The van der Waals surface area contributed by atoms with Crippen LogP contribution in [0.3, 0.4) is 0 Å². The van der Waals surface area contributed by atoms with E-state index in [-0.39, 0.29) is 11.1 Å². The lowest BCUT2D eigenvalue weighted by atomic mass is 10.1. The molecule has 4 aromatic rings. The minimum Gasteiger partial charge on any atom is -0.312 e. The van der Waals surface area contributed by atoms with E-state index < -0.39 is 17.8 Å². The molecule has 0 aliphatic heterocycles. The van der Waals surface area contributed by atoms with Crippen molar-refractivity contribution in [2.24, 2.45) is 0 Å². The normalized spacial score (nSPS) is 11.7. The topological polar surface area (TPSA) is 54.9 Å². The van der Waals surface area contributed by atoms with Gasteiger partial charge in [-0.25, -0.2) is 9.97 Å². The summed E-state index contributed by atoms with van der Waals surface area (Å²) in [4.78, 5) is 21.2. The van der Waals surface area contributed by atoms with Gasteiger partial charge in [-0.3, -0.25) is 4.79 Å². The highest BCUT2D eigenvalue weighted by Gasteiger charge is 2.34. The van der Waals surface area contributed by atoms with Crippen molar-refractivity contribution in [3.05, 3.63) is 86.1 Å². The van der Waals surface area contributed by atoms with Crippen molar-refractivity contribution >= 4 is 49.1 Å². The molecule has 0 aliphatic carbocycles. The van der Waals surface area contributed by atoms with Crippen LogP contribution in [0.1, 0.15) is 37.9 Å². The van der Waals surface area contributed by atoms with E-state index in [1.165, 1.54) is 17.4 Å². The number of hydrogen-bond donors (Lipinski definition) is 1. The molecule has 0 saturated carbocycles. The summed E-state index contributed by atoms with van der Waals surface area (Å²) < 4.78 is 40.7. The van der Waals surface area contributed by atoms with E-state index >= 15 is 0 Å². The maximum Gasteiger partial charge on any atom is 0.433 e. The maximum absolute atomic E-state index is 13.4. The van der Waals surface area contributed by atoms with Crippen molar-refractivity contribution < 1.29 is 18.0 Å². The molecule has 4 nitrogen and oxygen atoms in total. The van der Waals surface area contributed by atoms with Crippen LogP contribution in [-0.2, 0) is 12.6 Å². The zero-order chi connectivity index (χ0) is 23.0. The molecule has 0 atom stereocenters. The van der Waals surface area contributed by atoms with Crippen molar-refractivity contribution in [3.8, 4) is 0 Å². The minimum absolute atomic E-state index is 0.0919. The molecule has 2 aromatic carbocycles. The van der Waals surface area contributed by atoms with E-state index in [4.69, 9.17) is 0 Å². The first-order valence-electron chi connectivity index (χ1n) is 9.61. The van der Waals surface area contributed by atoms with Crippen molar-refractivity contribution in [2.45, 2.75) is 26.4 Å². The van der Waals surface area contributed by atoms with Crippen LogP contribution in [0.4, 0.5) is 18.2 Å². The number of fused-ring (bicyclic) bond motifs is 1. The summed E-state index contributed by atoms with van der Waals surface area (Å²) >= 11 is 4.61. The monoisotopic (exact) mass is 519 g/mol. The fourth-order valence-electron chi connectivity index (χ4n) is 3.23. The zero-order valence-electron chi connectivity index (χ0n) is 17.0. The molecule has 0 radical (unpaired) electrons. The van der Waals surface area contributed by atoms with E-state index in [9.17, 15) is 18.0 Å². The number of rotatable bonds is 4. The Labute approximate surface area is 194 Å². The highest BCUT2D eigenvalue weighted by Crippen LogP contribution is 2.33. The molecule has 2 heterocycles. The molecular weight excluding hydrogens is 503 g/mol. The average molecular weight is 520 g/mol. The number of pyridine rings is 1. The lowest BCUT2D eigenvalue weighted by Crippen LogP contribution is -2.16. The van der Waals surface area contributed by atoms with E-state index in [0.717, 1.165) is 22.2 Å². The number of benzene rings is 2. The summed E-state index contributed by atoms with van der Waals surface area (Å²) in [7, 11) is 0. The molecule has 0 aliphatic rings. The maximum atomic E-state index is 13.4. The van der Waals surface area contributed by atoms with Gasteiger partial charge in [0.1, 0.15) is 10.7 Å². The Hall–Kier alpha value is -2.78. The van der Waals surface area contributed by atoms with E-state index in [1.54, 1.807) is 19.1 Å². The first-order chi connectivity index (χ1) is 15.1. The summed E-state index contributed by atoms with van der Waals surface area (Å²) in [5.41, 5.74) is 1.74. The molecule has 1 N–H and O–H groups in total. The summed E-state index contributed by atoms with van der Waals surface area (Å²) in [6, 6.07) is 13.5. The number of amides is 1. The van der Waals surface area contributed by atoms with Gasteiger partial charge in [-0.15, -0.1) is 11.3 Å². The predicted molar refractivity (Wildman–Crippen MR) is 123 cm³/mol. The number of hydrogen-bond acceptors (Lipinski definition) is 4. The number of nitrogens with one attached hydrogen (secondary N) is 1. The van der Waals surface area contributed by atoms with Gasteiger partial charge < -0.3 is 5.32 Å². The van der Waals surface area contributed by atoms with E-state index in [0.29, 0.717) is 27.0 Å². The number of carbonyl (C=O) groups is 1. The Morgan fingerprint density at radius 2 is 1.78 bits per heavy atom. The van der Waals surface area contributed by atoms with Gasteiger partial charge in [0.15, 0.2) is 0 Å². The largest absolute Gasteiger partial charge is 0.433 e. The smallest absolute Gasteiger partial charge is 0.312 e. The molecule has 0 bridgehead atoms. The lowest BCUT2D eigenvalue weighted by Gasteiger charge is -2.12. The van der Waals surface area contributed by atoms with Gasteiger partial charge in [-0.05, 0) is 43.7 Å². The van der Waals surface area contributed by atoms with Gasteiger partial charge in [0, 0.05) is 16.3 Å². The highest BCUT2D eigenvalue weighted by molar-refractivity contribution is 9.10. The third-order valence-corrected chi connectivity index (χ3v) is 6.42. The van der Waals surface area contributed by atoms with Gasteiger partial charge in [0.2, 0.25) is 0 Å². The van der Waals surface area contributed by atoms with Gasteiger partial charge in [0.25, 0.3) is 5.91 Å². The third-order valence-electron chi connectivity index (χ3n) is 4.85. The van der Waals surface area contributed by atoms with Gasteiger partial charge in [-0.1, -0.05) is 45.8 Å². The van der Waals surface area contributed by atoms with Crippen LogP contribution in [0.2, 0.25) is 0 Å². The molecule has 32 heavy (non-hydrogen) atoms. The van der Waals surface area contributed by atoms with Crippen LogP contribution < -0.4 is 5.32 Å². The third kappa shape index (κ3) is 4.83. The van der Waals surface area contributed by atoms with Crippen LogP contribution >= 0.6 is 27.3 Å². The number of anilines is 1. The second kappa shape index (κ2) is 8.63. The van der Waals surface area contributed by atoms with E-state index in [2.05, 4.69) is 31.2 Å². The fraction of sp³-hybridized carbons (Fsp3) is 0.174. The molecule has 1 amide bonds. The molecule has 4 rings (SSSR count). The Kier molecular flexibility index (Phi) is 6.05. The number of thiazole rings is 1. The van der Waals surface area contributed by atoms with Crippen molar-refractivity contribution in [1.82, 2.24) is 9.97 Å². The number of aryl methyl sites for hydroxylation is 2. The molecular formula is C23H17BrF3N3OS. The second-order valence-electron chi connectivity index (χ2n) is 7.35. The van der Waals surface area contributed by atoms with Gasteiger partial charge >= 0.3 is 6.18 Å². The molecule has 164 valence electrons. The lowest BCUT2D eigenvalue weighted by molar-refractivity contribution is -0.140. The number of aromatic nitrogens is 2. The zero-order valence-corrected chi connectivity index (χ0v) is 19.5. The van der Waals surface area contributed by atoms with Crippen LogP contribution in [-0.4, -0.2) is 15.9 Å². The number of halogens is 4. The fourth-order valence-corrected chi connectivity index (χ4v) is 4.58. The second-order valence-corrected chi connectivity index (χ2v) is 9.35. The Balaban J connectivity index is 1.66. The molecule has 2 aromatic heterocycles. The molecule has 0 unspecified atom stereocenters. The quantitative estimate of drug-likeness (QED) is 0.318. The van der Waals surface area contributed by atoms with Crippen LogP contribution in [0.15, 0.2) is 53.0 Å². The summed E-state index contributed by atoms with van der Waals surface area (Å²) in [5.74, 6) is -0.644. The first kappa shape index (κ1) is 22.4. The van der Waals surface area contributed by atoms with Crippen LogP contribution in [0.25, 0.3) is 10.9 Å². The van der Waals surface area contributed by atoms with Crippen molar-refractivity contribution in [1.29, 1.82) is 0 Å². The van der Waals surface area contributed by atoms with Crippen LogP contribution in [0, 0.1) is 13.8 Å². The average Bonchev–Trinajstić information content (AvgIpc) is 3.06. The Morgan fingerprint density at radius 3 is 2.47 bits per heavy atom. The number of carbonyl (C=O) groups excluding carboxylic acids is 1. The minimum atomic E-state index is -4.67. The Morgan fingerprint density at radius 1 is 1.06 bits per heavy atom. The van der Waals surface area contributed by atoms with Gasteiger partial charge in [0.05, 0.1) is 21.8 Å². The Bertz CT molecular complexity index is 1320. The van der Waals surface area contributed by atoms with Crippen molar-refractivity contribution in [2.75, 3.05) is 5.32 Å².